The number of benzene rings is 2. The molecule has 0 fully saturated rings. The van der Waals surface area contributed by atoms with Crippen LogP contribution in [0.2, 0.25) is 0 Å². The number of amides is 1. The van der Waals surface area contributed by atoms with Crippen molar-refractivity contribution in [2.75, 3.05) is 10.6 Å². The van der Waals surface area contributed by atoms with Crippen molar-refractivity contribution in [2.45, 2.75) is 26.8 Å². The van der Waals surface area contributed by atoms with Crippen LogP contribution in [0.25, 0.3) is 0 Å². The van der Waals surface area contributed by atoms with Gasteiger partial charge in [-0.25, -0.2) is 0 Å². The maximum atomic E-state index is 11.4. The Morgan fingerprint density at radius 1 is 1.14 bits per heavy atom. The van der Waals surface area contributed by atoms with E-state index < -0.39 is 0 Å². The summed E-state index contributed by atoms with van der Waals surface area (Å²) < 4.78 is 1.10. The molecule has 0 spiro atoms. The molecule has 0 saturated carbocycles. The molecule has 0 aliphatic rings. The molecule has 0 saturated heterocycles. The zero-order chi connectivity index (χ0) is 15.2. The van der Waals surface area contributed by atoms with Gasteiger partial charge in [-0.1, -0.05) is 41.1 Å². The number of hydrogen-bond donors (Lipinski definition) is 2. The van der Waals surface area contributed by atoms with Gasteiger partial charge < -0.3 is 10.6 Å². The van der Waals surface area contributed by atoms with Crippen molar-refractivity contribution >= 4 is 33.2 Å². The second-order valence-corrected chi connectivity index (χ2v) is 5.79. The van der Waals surface area contributed by atoms with E-state index in [1.807, 2.05) is 31.2 Å². The number of carbonyl (C=O) groups is 1. The lowest BCUT2D eigenvalue weighted by molar-refractivity contribution is -0.115. The second-order valence-electron chi connectivity index (χ2n) is 4.93. The van der Waals surface area contributed by atoms with Crippen LogP contribution in [0.5, 0.6) is 0 Å². The maximum absolute atomic E-state index is 11.4. The Bertz CT molecular complexity index is 640. The van der Waals surface area contributed by atoms with Crippen molar-refractivity contribution in [1.82, 2.24) is 0 Å². The number of nitrogens with one attached hydrogen (secondary N) is 2. The van der Waals surface area contributed by atoms with Crippen LogP contribution in [0.4, 0.5) is 11.4 Å². The van der Waals surface area contributed by atoms with E-state index >= 15 is 0 Å². The molecule has 0 aromatic heterocycles. The van der Waals surface area contributed by atoms with Gasteiger partial charge in [0.1, 0.15) is 0 Å². The molecule has 21 heavy (non-hydrogen) atoms. The first-order valence-electron chi connectivity index (χ1n) is 6.97. The van der Waals surface area contributed by atoms with Gasteiger partial charge in [0.15, 0.2) is 0 Å². The van der Waals surface area contributed by atoms with E-state index in [0.29, 0.717) is 6.42 Å². The molecule has 4 heteroatoms. The van der Waals surface area contributed by atoms with Crippen LogP contribution in [0.3, 0.4) is 0 Å². The summed E-state index contributed by atoms with van der Waals surface area (Å²) in [6, 6.07) is 14.1. The van der Waals surface area contributed by atoms with Gasteiger partial charge in [0.25, 0.3) is 0 Å². The predicted octanol–water partition coefficient (Wildman–Crippen LogP) is 4.72. The fourth-order valence-corrected chi connectivity index (χ4v) is 2.58. The van der Waals surface area contributed by atoms with E-state index in [-0.39, 0.29) is 5.91 Å². The Balaban J connectivity index is 2.03. The highest BCUT2D eigenvalue weighted by Crippen LogP contribution is 2.21. The number of hydrogen-bond acceptors (Lipinski definition) is 2. The van der Waals surface area contributed by atoms with Crippen LogP contribution >= 0.6 is 15.9 Å². The SMILES string of the molecule is CCC(=O)Nc1cccc(NCc2ccc(C)cc2Br)c1. The molecule has 0 aliphatic carbocycles. The summed E-state index contributed by atoms with van der Waals surface area (Å²) >= 11 is 3.58. The Labute approximate surface area is 133 Å². The van der Waals surface area contributed by atoms with Crippen molar-refractivity contribution in [3.8, 4) is 0 Å². The molecular weight excluding hydrogens is 328 g/mol. The third kappa shape index (κ3) is 4.60. The molecule has 2 aromatic carbocycles. The molecule has 1 amide bonds. The summed E-state index contributed by atoms with van der Waals surface area (Å²) in [5.74, 6) is 0.0217. The highest BCUT2D eigenvalue weighted by molar-refractivity contribution is 9.10. The standard InChI is InChI=1S/C17H19BrN2O/c1-3-17(21)20-15-6-4-5-14(10-15)19-11-13-8-7-12(2)9-16(13)18/h4-10,19H,3,11H2,1-2H3,(H,20,21). The van der Waals surface area contributed by atoms with E-state index in [4.69, 9.17) is 0 Å². The van der Waals surface area contributed by atoms with Gasteiger partial charge >= 0.3 is 0 Å². The summed E-state index contributed by atoms with van der Waals surface area (Å²) in [7, 11) is 0. The molecule has 0 unspecified atom stereocenters. The smallest absolute Gasteiger partial charge is 0.224 e. The van der Waals surface area contributed by atoms with Crippen molar-refractivity contribution < 1.29 is 4.79 Å². The van der Waals surface area contributed by atoms with Gasteiger partial charge in [-0.15, -0.1) is 0 Å². The van der Waals surface area contributed by atoms with Gasteiger partial charge in [0, 0.05) is 28.8 Å². The van der Waals surface area contributed by atoms with Crippen LogP contribution in [0.1, 0.15) is 24.5 Å². The lowest BCUT2D eigenvalue weighted by Crippen LogP contribution is -2.09. The molecule has 2 aromatic rings. The van der Waals surface area contributed by atoms with Gasteiger partial charge in [0.2, 0.25) is 5.91 Å². The fourth-order valence-electron chi connectivity index (χ4n) is 1.95. The average molecular weight is 347 g/mol. The molecule has 2 rings (SSSR count). The zero-order valence-electron chi connectivity index (χ0n) is 12.2. The molecule has 2 N–H and O–H groups in total. The third-order valence-electron chi connectivity index (χ3n) is 3.16. The monoisotopic (exact) mass is 346 g/mol. The minimum absolute atomic E-state index is 0.0217. The van der Waals surface area contributed by atoms with Crippen LogP contribution in [-0.4, -0.2) is 5.91 Å². The van der Waals surface area contributed by atoms with Crippen LogP contribution in [0, 0.1) is 6.92 Å². The summed E-state index contributed by atoms with van der Waals surface area (Å²) in [4.78, 5) is 11.4. The van der Waals surface area contributed by atoms with E-state index in [0.717, 1.165) is 22.4 Å². The first-order valence-corrected chi connectivity index (χ1v) is 7.76. The predicted molar refractivity (Wildman–Crippen MR) is 91.6 cm³/mol. The van der Waals surface area contributed by atoms with Crippen molar-refractivity contribution in [3.63, 3.8) is 0 Å². The Morgan fingerprint density at radius 2 is 1.90 bits per heavy atom. The Morgan fingerprint density at radius 3 is 2.62 bits per heavy atom. The highest BCUT2D eigenvalue weighted by Gasteiger charge is 2.02. The van der Waals surface area contributed by atoms with Crippen LogP contribution < -0.4 is 10.6 Å². The lowest BCUT2D eigenvalue weighted by Gasteiger charge is -2.11. The van der Waals surface area contributed by atoms with Gasteiger partial charge in [0.05, 0.1) is 0 Å². The largest absolute Gasteiger partial charge is 0.381 e. The number of halogens is 1. The molecule has 0 bridgehead atoms. The second kappa shape index (κ2) is 7.27. The van der Waals surface area contributed by atoms with E-state index in [2.05, 4.69) is 51.7 Å². The van der Waals surface area contributed by atoms with E-state index in [9.17, 15) is 4.79 Å². The highest BCUT2D eigenvalue weighted by atomic mass is 79.9. The van der Waals surface area contributed by atoms with Crippen molar-refractivity contribution in [2.24, 2.45) is 0 Å². The zero-order valence-corrected chi connectivity index (χ0v) is 13.8. The molecule has 0 atom stereocenters. The summed E-state index contributed by atoms with van der Waals surface area (Å²) in [5.41, 5.74) is 4.23. The third-order valence-corrected chi connectivity index (χ3v) is 3.90. The first-order chi connectivity index (χ1) is 10.1. The Hall–Kier alpha value is -1.81. The Kier molecular flexibility index (Phi) is 5.39. The number of carbonyl (C=O) groups excluding carboxylic acids is 1. The van der Waals surface area contributed by atoms with Crippen molar-refractivity contribution in [3.05, 3.63) is 58.1 Å². The lowest BCUT2D eigenvalue weighted by atomic mass is 10.1. The number of aryl methyl sites for hydroxylation is 1. The van der Waals surface area contributed by atoms with E-state index in [1.165, 1.54) is 11.1 Å². The molecule has 110 valence electrons. The minimum Gasteiger partial charge on any atom is -0.381 e. The van der Waals surface area contributed by atoms with Crippen LogP contribution in [0.15, 0.2) is 46.9 Å². The summed E-state index contributed by atoms with van der Waals surface area (Å²) in [6.07, 6.45) is 0.480. The molecule has 0 heterocycles. The van der Waals surface area contributed by atoms with Gasteiger partial charge in [-0.2, -0.15) is 0 Å². The quantitative estimate of drug-likeness (QED) is 0.822. The summed E-state index contributed by atoms with van der Waals surface area (Å²) in [6.45, 7) is 4.64. The van der Waals surface area contributed by atoms with Crippen LogP contribution in [-0.2, 0) is 11.3 Å². The first kappa shape index (κ1) is 15.6. The topological polar surface area (TPSA) is 41.1 Å². The molecule has 3 nitrogen and oxygen atoms in total. The summed E-state index contributed by atoms with van der Waals surface area (Å²) in [5, 5.41) is 6.23. The molecule has 0 radical (unpaired) electrons. The van der Waals surface area contributed by atoms with Gasteiger partial charge in [-0.05, 0) is 42.3 Å². The number of anilines is 2. The maximum Gasteiger partial charge on any atom is 0.224 e. The average Bonchev–Trinajstić information content (AvgIpc) is 2.46. The van der Waals surface area contributed by atoms with E-state index in [1.54, 1.807) is 0 Å². The van der Waals surface area contributed by atoms with Crippen molar-refractivity contribution in [1.29, 1.82) is 0 Å². The number of rotatable bonds is 5. The minimum atomic E-state index is 0.0217. The van der Waals surface area contributed by atoms with Gasteiger partial charge in [-0.3, -0.25) is 4.79 Å². The normalized spacial score (nSPS) is 10.2. The fraction of sp³-hybridized carbons (Fsp3) is 0.235. The molecular formula is C17H19BrN2O. The molecule has 0 aliphatic heterocycles.